The van der Waals surface area contributed by atoms with Crippen LogP contribution in [0.4, 0.5) is 0 Å². The van der Waals surface area contributed by atoms with E-state index in [1.54, 1.807) is 30.1 Å². The first-order chi connectivity index (χ1) is 6.74. The Kier molecular flexibility index (Phi) is 4.62. The first-order valence-corrected chi connectivity index (χ1v) is 5.40. The summed E-state index contributed by atoms with van der Waals surface area (Å²) in [5.41, 5.74) is 0.677. The summed E-state index contributed by atoms with van der Waals surface area (Å²) < 4.78 is 0. The number of aldehydes is 1. The van der Waals surface area contributed by atoms with Gasteiger partial charge in [-0.1, -0.05) is 0 Å². The highest BCUT2D eigenvalue weighted by Crippen LogP contribution is 2.17. The van der Waals surface area contributed by atoms with Crippen LogP contribution < -0.4 is 0 Å². The summed E-state index contributed by atoms with van der Waals surface area (Å²) in [5, 5.41) is 0.823. The fraction of sp³-hybridized carbons (Fsp3) is 0.400. The predicted octanol–water partition coefficient (Wildman–Crippen LogP) is 1.55. The van der Waals surface area contributed by atoms with Crippen LogP contribution in [0.2, 0.25) is 0 Å². The van der Waals surface area contributed by atoms with Crippen molar-refractivity contribution >= 4 is 18.0 Å². The molecule has 0 saturated carbocycles. The van der Waals surface area contributed by atoms with E-state index in [-0.39, 0.29) is 0 Å². The van der Waals surface area contributed by atoms with E-state index in [9.17, 15) is 4.79 Å². The Bertz CT molecular complexity index is 302. The Morgan fingerprint density at radius 3 is 3.00 bits per heavy atom. The lowest BCUT2D eigenvalue weighted by Crippen LogP contribution is -2.14. The van der Waals surface area contributed by atoms with Gasteiger partial charge in [0.05, 0.1) is 0 Å². The zero-order chi connectivity index (χ0) is 10.4. The van der Waals surface area contributed by atoms with E-state index in [0.717, 1.165) is 23.6 Å². The third-order valence-electron chi connectivity index (χ3n) is 1.70. The standard InChI is InChI=1S/C10H14N2OS/c1-12(2)6-7-14-10-9(8-13)4-3-5-11-10/h3-5,8H,6-7H2,1-2H3. The van der Waals surface area contributed by atoms with Crippen LogP contribution in [0, 0.1) is 0 Å². The number of pyridine rings is 1. The summed E-state index contributed by atoms with van der Waals surface area (Å²) in [5.74, 6) is 0.949. The zero-order valence-corrected chi connectivity index (χ0v) is 9.25. The van der Waals surface area contributed by atoms with E-state index in [4.69, 9.17) is 0 Å². The second-order valence-electron chi connectivity index (χ2n) is 3.17. The predicted molar refractivity (Wildman–Crippen MR) is 58.9 cm³/mol. The Hall–Kier alpha value is -0.870. The summed E-state index contributed by atoms with van der Waals surface area (Å²) in [6.07, 6.45) is 2.57. The van der Waals surface area contributed by atoms with Crippen LogP contribution in [-0.4, -0.2) is 42.6 Å². The second-order valence-corrected chi connectivity index (χ2v) is 4.25. The fourth-order valence-electron chi connectivity index (χ4n) is 0.938. The van der Waals surface area contributed by atoms with Gasteiger partial charge in [0.25, 0.3) is 0 Å². The van der Waals surface area contributed by atoms with Gasteiger partial charge in [0.15, 0.2) is 6.29 Å². The number of carbonyl (C=O) groups excluding carboxylic acids is 1. The molecule has 0 aromatic carbocycles. The molecule has 1 aromatic heterocycles. The van der Waals surface area contributed by atoms with E-state index < -0.39 is 0 Å². The molecular weight excluding hydrogens is 196 g/mol. The van der Waals surface area contributed by atoms with Crippen molar-refractivity contribution in [2.75, 3.05) is 26.4 Å². The van der Waals surface area contributed by atoms with E-state index in [1.165, 1.54) is 0 Å². The van der Waals surface area contributed by atoms with E-state index >= 15 is 0 Å². The Morgan fingerprint density at radius 1 is 1.57 bits per heavy atom. The van der Waals surface area contributed by atoms with Crippen LogP contribution in [-0.2, 0) is 0 Å². The maximum Gasteiger partial charge on any atom is 0.152 e. The molecule has 0 aliphatic carbocycles. The molecule has 0 aliphatic rings. The molecule has 1 rings (SSSR count). The molecular formula is C10H14N2OS. The molecule has 1 heterocycles. The largest absolute Gasteiger partial charge is 0.309 e. The first-order valence-electron chi connectivity index (χ1n) is 4.41. The van der Waals surface area contributed by atoms with E-state index in [0.29, 0.717) is 5.56 Å². The average Bonchev–Trinajstić information content (AvgIpc) is 2.18. The average molecular weight is 210 g/mol. The molecule has 0 aliphatic heterocycles. The SMILES string of the molecule is CN(C)CCSc1ncccc1C=O. The number of carbonyl (C=O) groups is 1. The third kappa shape index (κ3) is 3.47. The number of nitrogens with zero attached hydrogens (tertiary/aromatic N) is 2. The number of rotatable bonds is 5. The van der Waals surface area contributed by atoms with Gasteiger partial charge in [-0.15, -0.1) is 11.8 Å². The molecule has 0 amide bonds. The lowest BCUT2D eigenvalue weighted by molar-refractivity contribution is 0.112. The highest BCUT2D eigenvalue weighted by atomic mass is 32.2. The Balaban J connectivity index is 2.53. The number of aromatic nitrogens is 1. The van der Waals surface area contributed by atoms with Gasteiger partial charge in [-0.2, -0.15) is 0 Å². The van der Waals surface area contributed by atoms with Crippen molar-refractivity contribution in [3.8, 4) is 0 Å². The monoisotopic (exact) mass is 210 g/mol. The van der Waals surface area contributed by atoms with Gasteiger partial charge >= 0.3 is 0 Å². The molecule has 0 radical (unpaired) electrons. The normalized spacial score (nSPS) is 10.5. The molecule has 0 bridgehead atoms. The van der Waals surface area contributed by atoms with E-state index in [2.05, 4.69) is 9.88 Å². The van der Waals surface area contributed by atoms with Gasteiger partial charge in [-0.25, -0.2) is 4.98 Å². The Labute approximate surface area is 88.5 Å². The quantitative estimate of drug-likeness (QED) is 0.545. The van der Waals surface area contributed by atoms with Crippen LogP contribution in [0.25, 0.3) is 0 Å². The van der Waals surface area contributed by atoms with Gasteiger partial charge in [0.2, 0.25) is 0 Å². The minimum Gasteiger partial charge on any atom is -0.309 e. The molecule has 0 unspecified atom stereocenters. The van der Waals surface area contributed by atoms with Crippen molar-refractivity contribution in [1.82, 2.24) is 9.88 Å². The van der Waals surface area contributed by atoms with Gasteiger partial charge in [0, 0.05) is 24.1 Å². The van der Waals surface area contributed by atoms with Crippen molar-refractivity contribution in [1.29, 1.82) is 0 Å². The molecule has 3 nitrogen and oxygen atoms in total. The molecule has 0 spiro atoms. The highest BCUT2D eigenvalue weighted by Gasteiger charge is 2.02. The number of hydrogen-bond donors (Lipinski definition) is 0. The van der Waals surface area contributed by atoms with Crippen molar-refractivity contribution in [2.45, 2.75) is 5.03 Å². The van der Waals surface area contributed by atoms with Crippen molar-refractivity contribution < 1.29 is 4.79 Å². The summed E-state index contributed by atoms with van der Waals surface area (Å²) in [6, 6.07) is 3.57. The first kappa shape index (κ1) is 11.2. The van der Waals surface area contributed by atoms with Gasteiger partial charge in [-0.3, -0.25) is 4.79 Å². The molecule has 0 N–H and O–H groups in total. The minimum atomic E-state index is 0.677. The van der Waals surface area contributed by atoms with Crippen molar-refractivity contribution in [2.24, 2.45) is 0 Å². The minimum absolute atomic E-state index is 0.677. The lowest BCUT2D eigenvalue weighted by Gasteiger charge is -2.08. The summed E-state index contributed by atoms with van der Waals surface area (Å²) in [7, 11) is 4.05. The van der Waals surface area contributed by atoms with Gasteiger partial charge in [0.1, 0.15) is 5.03 Å². The number of hydrogen-bond acceptors (Lipinski definition) is 4. The molecule has 0 fully saturated rings. The summed E-state index contributed by atoms with van der Waals surface area (Å²) in [4.78, 5) is 16.9. The third-order valence-corrected chi connectivity index (χ3v) is 2.71. The highest BCUT2D eigenvalue weighted by molar-refractivity contribution is 7.99. The Morgan fingerprint density at radius 2 is 2.36 bits per heavy atom. The molecule has 4 heteroatoms. The van der Waals surface area contributed by atoms with Crippen LogP contribution in [0.3, 0.4) is 0 Å². The molecule has 0 atom stereocenters. The van der Waals surface area contributed by atoms with Gasteiger partial charge < -0.3 is 4.90 Å². The smallest absolute Gasteiger partial charge is 0.152 e. The van der Waals surface area contributed by atoms with Crippen LogP contribution in [0.1, 0.15) is 10.4 Å². The zero-order valence-electron chi connectivity index (χ0n) is 8.43. The molecule has 14 heavy (non-hydrogen) atoms. The molecule has 0 saturated heterocycles. The maximum atomic E-state index is 10.7. The fourth-order valence-corrected chi connectivity index (χ4v) is 2.01. The van der Waals surface area contributed by atoms with Crippen LogP contribution in [0.15, 0.2) is 23.4 Å². The summed E-state index contributed by atoms with van der Waals surface area (Å²) >= 11 is 1.62. The second kappa shape index (κ2) is 5.78. The van der Waals surface area contributed by atoms with Crippen molar-refractivity contribution in [3.63, 3.8) is 0 Å². The van der Waals surface area contributed by atoms with Crippen LogP contribution >= 0.6 is 11.8 Å². The maximum absolute atomic E-state index is 10.7. The molecule has 1 aromatic rings. The van der Waals surface area contributed by atoms with Crippen molar-refractivity contribution in [3.05, 3.63) is 23.9 Å². The van der Waals surface area contributed by atoms with Crippen LogP contribution in [0.5, 0.6) is 0 Å². The van der Waals surface area contributed by atoms with Gasteiger partial charge in [-0.05, 0) is 26.2 Å². The topological polar surface area (TPSA) is 33.2 Å². The lowest BCUT2D eigenvalue weighted by atomic mass is 10.3. The molecule has 76 valence electrons. The summed E-state index contributed by atoms with van der Waals surface area (Å²) in [6.45, 7) is 0.986. The van der Waals surface area contributed by atoms with E-state index in [1.807, 2.05) is 14.1 Å². The number of thioether (sulfide) groups is 1.